The van der Waals surface area contributed by atoms with Crippen molar-refractivity contribution < 1.29 is 4.39 Å². The summed E-state index contributed by atoms with van der Waals surface area (Å²) in [7, 11) is 0. The van der Waals surface area contributed by atoms with Crippen LogP contribution < -0.4 is 11.3 Å². The minimum Gasteiger partial charge on any atom is -0.271 e. The first-order chi connectivity index (χ1) is 10.1. The fraction of sp³-hybridized carbons (Fsp3) is 0.250. The Kier molecular flexibility index (Phi) is 6.23. The molecule has 0 aromatic heterocycles. The monoisotopic (exact) mass is 368 g/mol. The van der Waals surface area contributed by atoms with Crippen molar-refractivity contribution >= 4 is 27.7 Å². The SMILES string of the molecule is Cc1ccccc1SCC(Cc1ccc(F)c(Br)c1)NN. The van der Waals surface area contributed by atoms with Crippen molar-refractivity contribution in [1.29, 1.82) is 0 Å². The molecule has 1 atom stereocenters. The van der Waals surface area contributed by atoms with Gasteiger partial charge in [-0.1, -0.05) is 24.3 Å². The van der Waals surface area contributed by atoms with Crippen molar-refractivity contribution in [2.45, 2.75) is 24.3 Å². The normalized spacial score (nSPS) is 12.4. The molecule has 0 heterocycles. The quantitative estimate of drug-likeness (QED) is 0.458. The zero-order chi connectivity index (χ0) is 15.2. The topological polar surface area (TPSA) is 38.0 Å². The van der Waals surface area contributed by atoms with Gasteiger partial charge >= 0.3 is 0 Å². The third-order valence-electron chi connectivity index (χ3n) is 3.24. The Bertz CT molecular complexity index is 607. The second-order valence-corrected chi connectivity index (χ2v) is 6.81. The maximum absolute atomic E-state index is 13.2. The Morgan fingerprint density at radius 2 is 2.05 bits per heavy atom. The molecular formula is C16H18BrFN2S. The Labute approximate surface area is 137 Å². The van der Waals surface area contributed by atoms with Crippen LogP contribution in [0.2, 0.25) is 0 Å². The summed E-state index contributed by atoms with van der Waals surface area (Å²) in [6, 6.07) is 13.5. The summed E-state index contributed by atoms with van der Waals surface area (Å²) in [4.78, 5) is 1.26. The molecule has 0 saturated heterocycles. The zero-order valence-electron chi connectivity index (χ0n) is 11.8. The van der Waals surface area contributed by atoms with Crippen molar-refractivity contribution in [3.05, 3.63) is 63.9 Å². The minimum atomic E-state index is -0.245. The van der Waals surface area contributed by atoms with Gasteiger partial charge < -0.3 is 0 Å². The van der Waals surface area contributed by atoms with Crippen LogP contribution >= 0.6 is 27.7 Å². The number of hydrogen-bond acceptors (Lipinski definition) is 3. The molecule has 2 aromatic carbocycles. The molecular weight excluding hydrogens is 351 g/mol. The third-order valence-corrected chi connectivity index (χ3v) is 5.18. The molecule has 2 aromatic rings. The molecule has 0 amide bonds. The Hall–Kier alpha value is -0.880. The third kappa shape index (κ3) is 4.81. The number of benzene rings is 2. The number of hydrogen-bond donors (Lipinski definition) is 2. The molecule has 3 N–H and O–H groups in total. The molecule has 0 aliphatic carbocycles. The summed E-state index contributed by atoms with van der Waals surface area (Å²) >= 11 is 4.99. The molecule has 2 rings (SSSR count). The number of nitrogens with one attached hydrogen (secondary N) is 1. The highest BCUT2D eigenvalue weighted by Gasteiger charge is 2.10. The van der Waals surface area contributed by atoms with E-state index in [1.54, 1.807) is 23.9 Å². The van der Waals surface area contributed by atoms with Gasteiger partial charge in [0.2, 0.25) is 0 Å². The van der Waals surface area contributed by atoms with E-state index in [9.17, 15) is 4.39 Å². The lowest BCUT2D eigenvalue weighted by atomic mass is 10.1. The second-order valence-electron chi connectivity index (χ2n) is 4.89. The Balaban J connectivity index is 1.97. The summed E-state index contributed by atoms with van der Waals surface area (Å²) < 4.78 is 13.7. The Morgan fingerprint density at radius 1 is 1.29 bits per heavy atom. The van der Waals surface area contributed by atoms with E-state index in [0.29, 0.717) is 4.47 Å². The molecule has 0 spiro atoms. The van der Waals surface area contributed by atoms with E-state index in [1.165, 1.54) is 16.5 Å². The molecule has 1 unspecified atom stereocenters. The fourth-order valence-corrected chi connectivity index (χ4v) is 3.52. The molecule has 21 heavy (non-hydrogen) atoms. The average Bonchev–Trinajstić information content (AvgIpc) is 2.48. The van der Waals surface area contributed by atoms with Gasteiger partial charge in [0.15, 0.2) is 0 Å². The summed E-state index contributed by atoms with van der Waals surface area (Å²) in [5, 5.41) is 0. The number of nitrogens with two attached hydrogens (primary N) is 1. The van der Waals surface area contributed by atoms with Crippen molar-refractivity contribution in [1.82, 2.24) is 5.43 Å². The molecule has 0 radical (unpaired) electrons. The summed E-state index contributed by atoms with van der Waals surface area (Å²) in [5.74, 6) is 6.25. The summed E-state index contributed by atoms with van der Waals surface area (Å²) in [6.07, 6.45) is 0.758. The highest BCUT2D eigenvalue weighted by Crippen LogP contribution is 2.24. The van der Waals surface area contributed by atoms with E-state index in [2.05, 4.69) is 40.4 Å². The van der Waals surface area contributed by atoms with Crippen LogP contribution in [0.5, 0.6) is 0 Å². The summed E-state index contributed by atoms with van der Waals surface area (Å²) in [5.41, 5.74) is 5.16. The van der Waals surface area contributed by atoms with Crippen molar-refractivity contribution in [3.63, 3.8) is 0 Å². The first-order valence-corrected chi connectivity index (χ1v) is 8.46. The largest absolute Gasteiger partial charge is 0.271 e. The molecule has 0 aliphatic heterocycles. The second kappa shape index (κ2) is 7.94. The Morgan fingerprint density at radius 3 is 2.71 bits per heavy atom. The van der Waals surface area contributed by atoms with E-state index in [1.807, 2.05) is 12.1 Å². The van der Waals surface area contributed by atoms with Gasteiger partial charge in [-0.25, -0.2) is 4.39 Å². The van der Waals surface area contributed by atoms with Gasteiger partial charge in [-0.2, -0.15) is 0 Å². The molecule has 112 valence electrons. The minimum absolute atomic E-state index is 0.131. The van der Waals surface area contributed by atoms with Crippen LogP contribution in [0.1, 0.15) is 11.1 Å². The first-order valence-electron chi connectivity index (χ1n) is 6.68. The predicted octanol–water partition coefficient (Wildman–Crippen LogP) is 4.06. The highest BCUT2D eigenvalue weighted by atomic mass is 79.9. The van der Waals surface area contributed by atoms with E-state index in [0.717, 1.165) is 17.7 Å². The first kappa shape index (κ1) is 16.5. The molecule has 0 bridgehead atoms. The summed E-state index contributed by atoms with van der Waals surface area (Å²) in [6.45, 7) is 2.10. The van der Waals surface area contributed by atoms with Gasteiger partial charge in [-0.05, 0) is 58.6 Å². The lowest BCUT2D eigenvalue weighted by Crippen LogP contribution is -2.38. The van der Waals surface area contributed by atoms with Gasteiger partial charge in [0, 0.05) is 16.7 Å². The average molecular weight is 369 g/mol. The van der Waals surface area contributed by atoms with Crippen molar-refractivity contribution in [3.8, 4) is 0 Å². The van der Waals surface area contributed by atoms with Crippen LogP contribution in [0.15, 0.2) is 51.8 Å². The molecule has 5 heteroatoms. The van der Waals surface area contributed by atoms with Gasteiger partial charge in [0.1, 0.15) is 5.82 Å². The van der Waals surface area contributed by atoms with Crippen LogP contribution in [0.4, 0.5) is 4.39 Å². The zero-order valence-corrected chi connectivity index (χ0v) is 14.2. The van der Waals surface area contributed by atoms with Crippen molar-refractivity contribution in [2.75, 3.05) is 5.75 Å². The van der Waals surface area contributed by atoms with Gasteiger partial charge in [0.05, 0.1) is 4.47 Å². The van der Waals surface area contributed by atoms with Crippen molar-refractivity contribution in [2.24, 2.45) is 5.84 Å². The standard InChI is InChI=1S/C16H18BrFN2S/c1-11-4-2-3-5-16(11)21-10-13(20-19)8-12-6-7-15(18)14(17)9-12/h2-7,9,13,20H,8,10,19H2,1H3. The van der Waals surface area contributed by atoms with Gasteiger partial charge in [-0.3, -0.25) is 11.3 Å². The van der Waals surface area contributed by atoms with Crippen LogP contribution in [0.3, 0.4) is 0 Å². The van der Waals surface area contributed by atoms with E-state index >= 15 is 0 Å². The van der Waals surface area contributed by atoms with E-state index < -0.39 is 0 Å². The van der Waals surface area contributed by atoms with Crippen LogP contribution in [0, 0.1) is 12.7 Å². The lowest BCUT2D eigenvalue weighted by molar-refractivity contribution is 0.573. The fourth-order valence-electron chi connectivity index (χ4n) is 2.03. The number of halogens is 2. The van der Waals surface area contributed by atoms with E-state index in [4.69, 9.17) is 5.84 Å². The maximum atomic E-state index is 13.2. The number of thioether (sulfide) groups is 1. The number of rotatable bonds is 6. The number of hydrazine groups is 1. The van der Waals surface area contributed by atoms with E-state index in [-0.39, 0.29) is 11.9 Å². The molecule has 0 aliphatic rings. The van der Waals surface area contributed by atoms with Gasteiger partial charge in [-0.15, -0.1) is 11.8 Å². The highest BCUT2D eigenvalue weighted by molar-refractivity contribution is 9.10. The molecule has 2 nitrogen and oxygen atoms in total. The van der Waals surface area contributed by atoms with Crippen LogP contribution in [-0.2, 0) is 6.42 Å². The lowest BCUT2D eigenvalue weighted by Gasteiger charge is -2.16. The smallest absolute Gasteiger partial charge is 0.137 e. The van der Waals surface area contributed by atoms with Crippen LogP contribution in [-0.4, -0.2) is 11.8 Å². The van der Waals surface area contributed by atoms with Gasteiger partial charge in [0.25, 0.3) is 0 Å². The van der Waals surface area contributed by atoms with Crippen LogP contribution in [0.25, 0.3) is 0 Å². The number of aryl methyl sites for hydroxylation is 1. The predicted molar refractivity (Wildman–Crippen MR) is 90.8 cm³/mol. The molecule has 0 fully saturated rings. The molecule has 0 saturated carbocycles. The maximum Gasteiger partial charge on any atom is 0.137 e.